The van der Waals surface area contributed by atoms with Crippen LogP contribution in [0.2, 0.25) is 0 Å². The van der Waals surface area contributed by atoms with Crippen molar-refractivity contribution in [1.29, 1.82) is 0 Å². The van der Waals surface area contributed by atoms with Crippen LogP contribution in [0.1, 0.15) is 30.9 Å². The summed E-state index contributed by atoms with van der Waals surface area (Å²) in [5.74, 6) is 1.27. The Morgan fingerprint density at radius 2 is 2.08 bits per heavy atom. The molecule has 26 heavy (non-hydrogen) atoms. The summed E-state index contributed by atoms with van der Waals surface area (Å²) in [4.78, 5) is 9.13. The van der Waals surface area contributed by atoms with Gasteiger partial charge in [0, 0.05) is 12.5 Å². The van der Waals surface area contributed by atoms with E-state index in [-0.39, 0.29) is 6.04 Å². The molecule has 2 fully saturated rings. The number of halogens is 1. The highest BCUT2D eigenvalue weighted by Crippen LogP contribution is 2.39. The Labute approximate surface area is 150 Å². The van der Waals surface area contributed by atoms with Crippen LogP contribution in [0.25, 0.3) is 17.0 Å². The first kappa shape index (κ1) is 15.7. The number of alkyl halides is 1. The second-order valence-corrected chi connectivity index (χ2v) is 7.11. The number of hydrogen-bond donors (Lipinski definition) is 2. The Kier molecular flexibility index (Phi) is 3.81. The maximum absolute atomic E-state index is 14.1. The van der Waals surface area contributed by atoms with Gasteiger partial charge in [0.25, 0.3) is 0 Å². The second-order valence-electron chi connectivity index (χ2n) is 7.11. The van der Waals surface area contributed by atoms with Gasteiger partial charge in [0.05, 0.1) is 23.6 Å². The molecule has 0 amide bonds. The standard InChI is InChI=1S/C19H21FN6/c20-13-10-21-9-8-15(13)23-18-3-1-2-16(24-18)17-11-22-19-7-6-14(12-4-5-12)25-26(17)19/h1-3,6-7,11-13,15,21H,4-5,8-10H2,(H,23,24)/t13-,15-/m1/s1. The van der Waals surface area contributed by atoms with Crippen molar-refractivity contribution in [2.24, 2.45) is 0 Å². The van der Waals surface area contributed by atoms with Crippen molar-refractivity contribution < 1.29 is 4.39 Å². The van der Waals surface area contributed by atoms with E-state index in [9.17, 15) is 4.39 Å². The molecule has 4 heterocycles. The molecule has 0 bridgehead atoms. The van der Waals surface area contributed by atoms with Crippen LogP contribution in [-0.4, -0.2) is 44.9 Å². The zero-order valence-electron chi connectivity index (χ0n) is 14.4. The SMILES string of the molecule is F[C@@H]1CNCC[C@H]1Nc1cccc(-c2cnc3ccc(C4CC4)nn23)n1. The Balaban J connectivity index is 1.46. The number of anilines is 1. The fourth-order valence-electron chi connectivity index (χ4n) is 3.49. The minimum Gasteiger partial charge on any atom is -0.364 e. The molecule has 3 aromatic rings. The van der Waals surface area contributed by atoms with Crippen LogP contribution in [-0.2, 0) is 0 Å². The summed E-state index contributed by atoms with van der Waals surface area (Å²) in [7, 11) is 0. The molecular weight excluding hydrogens is 331 g/mol. The summed E-state index contributed by atoms with van der Waals surface area (Å²) in [6.45, 7) is 1.21. The highest BCUT2D eigenvalue weighted by Gasteiger charge is 2.26. The summed E-state index contributed by atoms with van der Waals surface area (Å²) in [5.41, 5.74) is 3.56. The fraction of sp³-hybridized carbons (Fsp3) is 0.421. The second kappa shape index (κ2) is 6.32. The Morgan fingerprint density at radius 3 is 2.92 bits per heavy atom. The fourth-order valence-corrected chi connectivity index (χ4v) is 3.49. The lowest BCUT2D eigenvalue weighted by Gasteiger charge is -2.27. The van der Waals surface area contributed by atoms with Crippen LogP contribution in [0, 0.1) is 0 Å². The first-order valence-corrected chi connectivity index (χ1v) is 9.21. The van der Waals surface area contributed by atoms with Crippen molar-refractivity contribution >= 4 is 11.5 Å². The number of piperidine rings is 1. The predicted octanol–water partition coefficient (Wildman–Crippen LogP) is 2.78. The van der Waals surface area contributed by atoms with E-state index in [0.29, 0.717) is 18.3 Å². The maximum atomic E-state index is 14.1. The topological polar surface area (TPSA) is 67.1 Å². The lowest BCUT2D eigenvalue weighted by atomic mass is 10.1. The van der Waals surface area contributed by atoms with Crippen LogP contribution in [0.3, 0.4) is 0 Å². The summed E-state index contributed by atoms with van der Waals surface area (Å²) >= 11 is 0. The number of rotatable bonds is 4. The van der Waals surface area contributed by atoms with E-state index in [4.69, 9.17) is 5.10 Å². The van der Waals surface area contributed by atoms with Crippen molar-refractivity contribution in [1.82, 2.24) is 24.9 Å². The van der Waals surface area contributed by atoms with Crippen LogP contribution in [0.4, 0.5) is 10.2 Å². The molecule has 0 radical (unpaired) electrons. The largest absolute Gasteiger partial charge is 0.364 e. The first-order valence-electron chi connectivity index (χ1n) is 9.21. The van der Waals surface area contributed by atoms with E-state index in [1.165, 1.54) is 12.8 Å². The Bertz CT molecular complexity index is 935. The van der Waals surface area contributed by atoms with Gasteiger partial charge in [-0.3, -0.25) is 0 Å². The van der Waals surface area contributed by atoms with Gasteiger partial charge in [-0.2, -0.15) is 5.10 Å². The molecule has 5 rings (SSSR count). The van der Waals surface area contributed by atoms with Crippen LogP contribution >= 0.6 is 0 Å². The number of fused-ring (bicyclic) bond motifs is 1. The van der Waals surface area contributed by atoms with E-state index in [2.05, 4.69) is 26.7 Å². The normalized spacial score (nSPS) is 23.3. The molecule has 0 aromatic carbocycles. The van der Waals surface area contributed by atoms with Gasteiger partial charge < -0.3 is 10.6 Å². The molecule has 1 saturated carbocycles. The summed E-state index contributed by atoms with van der Waals surface area (Å²) in [5, 5.41) is 11.1. The molecule has 1 aliphatic carbocycles. The van der Waals surface area contributed by atoms with E-state index in [0.717, 1.165) is 35.7 Å². The third-order valence-corrected chi connectivity index (χ3v) is 5.13. The van der Waals surface area contributed by atoms with Crippen molar-refractivity contribution in [3.63, 3.8) is 0 Å². The van der Waals surface area contributed by atoms with Crippen LogP contribution < -0.4 is 10.6 Å². The maximum Gasteiger partial charge on any atom is 0.154 e. The number of nitrogens with one attached hydrogen (secondary N) is 2. The van der Waals surface area contributed by atoms with Gasteiger partial charge in [0.15, 0.2) is 5.65 Å². The number of nitrogens with zero attached hydrogens (tertiary/aromatic N) is 4. The van der Waals surface area contributed by atoms with Crippen molar-refractivity contribution in [2.45, 2.75) is 37.4 Å². The molecule has 134 valence electrons. The van der Waals surface area contributed by atoms with Gasteiger partial charge in [-0.1, -0.05) is 6.07 Å². The lowest BCUT2D eigenvalue weighted by molar-refractivity contribution is 0.244. The molecular formula is C19H21FN6. The summed E-state index contributed by atoms with van der Waals surface area (Å²) < 4.78 is 15.9. The summed E-state index contributed by atoms with van der Waals surface area (Å²) in [6, 6.07) is 9.62. The molecule has 0 unspecified atom stereocenters. The van der Waals surface area contributed by atoms with Crippen LogP contribution in [0.5, 0.6) is 0 Å². The highest BCUT2D eigenvalue weighted by molar-refractivity contribution is 5.61. The third-order valence-electron chi connectivity index (χ3n) is 5.13. The molecule has 7 heteroatoms. The smallest absolute Gasteiger partial charge is 0.154 e. The minimum atomic E-state index is -0.909. The van der Waals surface area contributed by atoms with Crippen molar-refractivity contribution in [3.05, 3.63) is 42.2 Å². The molecule has 2 aliphatic rings. The van der Waals surface area contributed by atoms with Gasteiger partial charge in [0.1, 0.15) is 17.7 Å². The third kappa shape index (κ3) is 2.92. The Hall–Kier alpha value is -2.54. The average Bonchev–Trinajstić information content (AvgIpc) is 3.43. The molecule has 1 saturated heterocycles. The average molecular weight is 352 g/mol. The van der Waals surface area contributed by atoms with Gasteiger partial charge in [-0.05, 0) is 50.1 Å². The van der Waals surface area contributed by atoms with E-state index < -0.39 is 6.17 Å². The van der Waals surface area contributed by atoms with Gasteiger partial charge >= 0.3 is 0 Å². The first-order chi connectivity index (χ1) is 12.8. The molecule has 1 aliphatic heterocycles. The Morgan fingerprint density at radius 1 is 1.15 bits per heavy atom. The van der Waals surface area contributed by atoms with Gasteiger partial charge in [-0.25, -0.2) is 18.9 Å². The molecule has 2 atom stereocenters. The molecule has 0 spiro atoms. The quantitative estimate of drug-likeness (QED) is 0.756. The molecule has 6 nitrogen and oxygen atoms in total. The van der Waals surface area contributed by atoms with E-state index in [1.54, 1.807) is 6.20 Å². The van der Waals surface area contributed by atoms with Crippen molar-refractivity contribution in [3.8, 4) is 11.4 Å². The summed E-state index contributed by atoms with van der Waals surface area (Å²) in [6.07, 6.45) is 4.05. The van der Waals surface area contributed by atoms with Gasteiger partial charge in [0.2, 0.25) is 0 Å². The van der Waals surface area contributed by atoms with Gasteiger partial charge in [-0.15, -0.1) is 0 Å². The van der Waals surface area contributed by atoms with Crippen molar-refractivity contribution in [2.75, 3.05) is 18.4 Å². The minimum absolute atomic E-state index is 0.208. The van der Waals surface area contributed by atoms with E-state index in [1.807, 2.05) is 28.8 Å². The molecule has 3 aromatic heterocycles. The number of pyridine rings is 1. The highest BCUT2D eigenvalue weighted by atomic mass is 19.1. The number of imidazole rings is 1. The van der Waals surface area contributed by atoms with E-state index >= 15 is 0 Å². The number of hydrogen-bond acceptors (Lipinski definition) is 5. The lowest BCUT2D eigenvalue weighted by Crippen LogP contribution is -2.45. The monoisotopic (exact) mass is 352 g/mol. The number of aromatic nitrogens is 4. The zero-order valence-corrected chi connectivity index (χ0v) is 14.4. The zero-order chi connectivity index (χ0) is 17.5. The predicted molar refractivity (Wildman–Crippen MR) is 98.0 cm³/mol. The molecule has 2 N–H and O–H groups in total. The van der Waals surface area contributed by atoms with Crippen LogP contribution in [0.15, 0.2) is 36.5 Å².